The lowest BCUT2D eigenvalue weighted by atomic mass is 10.0. The van der Waals surface area contributed by atoms with Crippen molar-refractivity contribution in [2.24, 2.45) is 0 Å². The van der Waals surface area contributed by atoms with E-state index < -0.39 is 23.6 Å². The molecule has 4 aromatic rings. The summed E-state index contributed by atoms with van der Waals surface area (Å²) >= 11 is 0. The van der Waals surface area contributed by atoms with Gasteiger partial charge in [0.25, 0.3) is 5.56 Å². The van der Waals surface area contributed by atoms with E-state index in [-0.39, 0.29) is 35.8 Å². The molecule has 0 aliphatic carbocycles. The number of aromatic nitrogens is 2. The van der Waals surface area contributed by atoms with Crippen molar-refractivity contribution >= 4 is 10.8 Å². The third-order valence-corrected chi connectivity index (χ3v) is 5.07. The molecule has 0 atom stereocenters. The molecule has 0 amide bonds. The highest BCUT2D eigenvalue weighted by atomic mass is 19.4. The lowest BCUT2D eigenvalue weighted by molar-refractivity contribution is -0.275. The molecule has 3 aromatic carbocycles. The first-order valence-corrected chi connectivity index (χ1v) is 10.1. The molecular weight excluding hydrogens is 457 g/mol. The highest BCUT2D eigenvalue weighted by Crippen LogP contribution is 2.28. The van der Waals surface area contributed by atoms with Crippen LogP contribution in [-0.4, -0.2) is 28.1 Å². The van der Waals surface area contributed by atoms with Crippen LogP contribution in [0.4, 0.5) is 22.0 Å². The fraction of sp³-hybridized carbons (Fsp3) is 0.167. The first kappa shape index (κ1) is 23.4. The molecule has 10 heteroatoms. The Bertz CT molecular complexity index is 1400. The SMILES string of the molecule is CN(Cc1ccccc1OC(F)(F)F)Cn1nc(-c2ccc(F)c(F)c2)c2ccccc2c1=O. The molecule has 0 bridgehead atoms. The van der Waals surface area contributed by atoms with Crippen LogP contribution in [0.15, 0.2) is 71.5 Å². The smallest absolute Gasteiger partial charge is 0.405 e. The van der Waals surface area contributed by atoms with Crippen LogP contribution in [-0.2, 0) is 13.2 Å². The van der Waals surface area contributed by atoms with Gasteiger partial charge in [0.15, 0.2) is 11.6 Å². The van der Waals surface area contributed by atoms with Crippen molar-refractivity contribution in [3.63, 3.8) is 0 Å². The van der Waals surface area contributed by atoms with E-state index in [0.29, 0.717) is 10.8 Å². The van der Waals surface area contributed by atoms with Crippen molar-refractivity contribution in [2.45, 2.75) is 19.6 Å². The summed E-state index contributed by atoms with van der Waals surface area (Å²) in [6, 6.07) is 15.6. The van der Waals surface area contributed by atoms with E-state index in [9.17, 15) is 26.7 Å². The molecule has 0 unspecified atom stereocenters. The fourth-order valence-electron chi connectivity index (χ4n) is 3.62. The molecule has 4 rings (SSSR count). The van der Waals surface area contributed by atoms with Gasteiger partial charge in [-0.25, -0.2) is 13.5 Å². The number of rotatable bonds is 6. The number of halogens is 5. The van der Waals surface area contributed by atoms with E-state index in [4.69, 9.17) is 0 Å². The van der Waals surface area contributed by atoms with Gasteiger partial charge >= 0.3 is 6.36 Å². The minimum absolute atomic E-state index is 0.0215. The molecule has 0 N–H and O–H groups in total. The second-order valence-electron chi connectivity index (χ2n) is 7.64. The third-order valence-electron chi connectivity index (χ3n) is 5.07. The lowest BCUT2D eigenvalue weighted by Crippen LogP contribution is -2.32. The maximum Gasteiger partial charge on any atom is 0.573 e. The Balaban J connectivity index is 1.70. The Morgan fingerprint density at radius 1 is 0.941 bits per heavy atom. The van der Waals surface area contributed by atoms with Gasteiger partial charge in [-0.2, -0.15) is 5.10 Å². The number of alkyl halides is 3. The molecule has 0 saturated carbocycles. The fourth-order valence-corrected chi connectivity index (χ4v) is 3.62. The highest BCUT2D eigenvalue weighted by molar-refractivity contribution is 5.93. The molecule has 0 saturated heterocycles. The molecule has 34 heavy (non-hydrogen) atoms. The predicted octanol–water partition coefficient (Wildman–Crippen LogP) is 5.33. The lowest BCUT2D eigenvalue weighted by Gasteiger charge is -2.21. The molecule has 0 fully saturated rings. The van der Waals surface area contributed by atoms with Crippen LogP contribution in [0, 0.1) is 11.6 Å². The Kier molecular flexibility index (Phi) is 6.34. The number of ether oxygens (including phenoxy) is 1. The van der Waals surface area contributed by atoms with Gasteiger partial charge in [0.2, 0.25) is 0 Å². The summed E-state index contributed by atoms with van der Waals surface area (Å²) in [6.45, 7) is -0.0611. The first-order chi connectivity index (χ1) is 16.1. The highest BCUT2D eigenvalue weighted by Gasteiger charge is 2.32. The average Bonchev–Trinajstić information content (AvgIpc) is 2.78. The summed E-state index contributed by atoms with van der Waals surface area (Å²) in [7, 11) is 1.60. The summed E-state index contributed by atoms with van der Waals surface area (Å²) in [4.78, 5) is 14.6. The van der Waals surface area contributed by atoms with Crippen molar-refractivity contribution in [2.75, 3.05) is 7.05 Å². The van der Waals surface area contributed by atoms with Gasteiger partial charge in [0, 0.05) is 23.1 Å². The first-order valence-electron chi connectivity index (χ1n) is 10.1. The zero-order valence-electron chi connectivity index (χ0n) is 17.8. The van der Waals surface area contributed by atoms with Crippen molar-refractivity contribution in [1.29, 1.82) is 0 Å². The molecular formula is C24H18F5N3O2. The summed E-state index contributed by atoms with van der Waals surface area (Å²) in [5, 5.41) is 5.14. The van der Waals surface area contributed by atoms with Crippen LogP contribution >= 0.6 is 0 Å². The van der Waals surface area contributed by atoms with E-state index in [0.717, 1.165) is 16.8 Å². The van der Waals surface area contributed by atoms with Crippen LogP contribution in [0.25, 0.3) is 22.0 Å². The van der Waals surface area contributed by atoms with Crippen LogP contribution in [0.2, 0.25) is 0 Å². The van der Waals surface area contributed by atoms with E-state index in [1.54, 1.807) is 42.3 Å². The second kappa shape index (κ2) is 9.22. The summed E-state index contributed by atoms with van der Waals surface area (Å²) in [5.74, 6) is -2.41. The van der Waals surface area contributed by atoms with Crippen LogP contribution < -0.4 is 10.3 Å². The molecule has 0 aliphatic rings. The molecule has 176 valence electrons. The summed E-state index contributed by atoms with van der Waals surface area (Å²) in [5.41, 5.74) is 0.365. The molecule has 1 aromatic heterocycles. The number of benzene rings is 3. The van der Waals surface area contributed by atoms with E-state index in [1.807, 2.05) is 0 Å². The predicted molar refractivity (Wildman–Crippen MR) is 116 cm³/mol. The number of fused-ring (bicyclic) bond motifs is 1. The quantitative estimate of drug-likeness (QED) is 0.354. The van der Waals surface area contributed by atoms with Crippen LogP contribution in [0.3, 0.4) is 0 Å². The standard InChI is InChI=1S/C24H18F5N3O2/c1-31(13-16-6-2-5-9-21(16)34-24(27,28)29)14-32-23(33)18-8-4-3-7-17(18)22(30-32)15-10-11-19(25)20(26)12-15/h2-12H,13-14H2,1H3. The van der Waals surface area contributed by atoms with Crippen molar-refractivity contribution < 1.29 is 26.7 Å². The zero-order chi connectivity index (χ0) is 24.5. The second-order valence-corrected chi connectivity index (χ2v) is 7.64. The normalized spacial score (nSPS) is 11.9. The van der Waals surface area contributed by atoms with Crippen molar-refractivity contribution in [3.8, 4) is 17.0 Å². The molecule has 5 nitrogen and oxygen atoms in total. The maximum atomic E-state index is 13.9. The van der Waals surface area contributed by atoms with E-state index in [2.05, 4.69) is 9.84 Å². The number of para-hydroxylation sites is 1. The molecule has 1 heterocycles. The minimum atomic E-state index is -4.84. The van der Waals surface area contributed by atoms with Gasteiger partial charge in [0.05, 0.1) is 17.7 Å². The Morgan fingerprint density at radius 3 is 2.32 bits per heavy atom. The van der Waals surface area contributed by atoms with Crippen molar-refractivity contribution in [1.82, 2.24) is 14.7 Å². The molecule has 0 spiro atoms. The number of nitrogens with zero attached hydrogens (tertiary/aromatic N) is 3. The van der Waals surface area contributed by atoms with Gasteiger partial charge in [-0.15, -0.1) is 13.2 Å². The van der Waals surface area contributed by atoms with E-state index in [1.165, 1.54) is 24.3 Å². The monoisotopic (exact) mass is 475 g/mol. The number of hydrogen-bond acceptors (Lipinski definition) is 4. The van der Waals surface area contributed by atoms with Gasteiger partial charge in [-0.05, 0) is 37.4 Å². The topological polar surface area (TPSA) is 47.4 Å². The minimum Gasteiger partial charge on any atom is -0.405 e. The Morgan fingerprint density at radius 2 is 1.62 bits per heavy atom. The largest absolute Gasteiger partial charge is 0.573 e. The zero-order valence-corrected chi connectivity index (χ0v) is 17.8. The number of hydrogen-bond donors (Lipinski definition) is 0. The molecule has 0 aliphatic heterocycles. The maximum absolute atomic E-state index is 13.9. The van der Waals surface area contributed by atoms with Gasteiger partial charge in [-0.3, -0.25) is 9.69 Å². The average molecular weight is 475 g/mol. The summed E-state index contributed by atoms with van der Waals surface area (Å²) < 4.78 is 70.7. The van der Waals surface area contributed by atoms with Crippen LogP contribution in [0.5, 0.6) is 5.75 Å². The Labute approximate surface area is 190 Å². The molecule has 0 radical (unpaired) electrons. The Hall–Kier alpha value is -3.79. The summed E-state index contributed by atoms with van der Waals surface area (Å²) in [6.07, 6.45) is -4.84. The van der Waals surface area contributed by atoms with Crippen molar-refractivity contribution in [3.05, 3.63) is 94.3 Å². The van der Waals surface area contributed by atoms with Crippen LogP contribution in [0.1, 0.15) is 5.56 Å². The third kappa shape index (κ3) is 5.07. The van der Waals surface area contributed by atoms with E-state index >= 15 is 0 Å². The van der Waals surface area contributed by atoms with Gasteiger partial charge < -0.3 is 4.74 Å². The van der Waals surface area contributed by atoms with Gasteiger partial charge in [0.1, 0.15) is 5.75 Å². The van der Waals surface area contributed by atoms with Gasteiger partial charge in [-0.1, -0.05) is 36.4 Å².